The van der Waals surface area contributed by atoms with E-state index in [4.69, 9.17) is 9.47 Å². The Morgan fingerprint density at radius 3 is 1.85 bits per heavy atom. The van der Waals surface area contributed by atoms with Crippen LogP contribution in [0.15, 0.2) is 24.3 Å². The van der Waals surface area contributed by atoms with Crippen LogP contribution in [0.25, 0.3) is 0 Å². The number of para-hydroxylation sites is 1. The zero-order chi connectivity index (χ0) is 13.8. The number of hydrogen-bond acceptors (Lipinski definition) is 5. The lowest BCUT2D eigenvalue weighted by atomic mass is 10.3. The van der Waals surface area contributed by atoms with Gasteiger partial charge in [0.25, 0.3) is 0 Å². The SMILES string of the molecule is Oc1ccccc1P(N1CCOCC1)N1CCOCC1. The molecule has 6 heteroatoms. The number of aromatic hydroxyl groups is 1. The average Bonchev–Trinajstić information content (AvgIpc) is 2.52. The average molecular weight is 296 g/mol. The van der Waals surface area contributed by atoms with Crippen molar-refractivity contribution < 1.29 is 14.6 Å². The second-order valence-electron chi connectivity index (χ2n) is 4.91. The highest BCUT2D eigenvalue weighted by Crippen LogP contribution is 2.46. The van der Waals surface area contributed by atoms with Crippen LogP contribution >= 0.6 is 8.22 Å². The molecule has 0 amide bonds. The quantitative estimate of drug-likeness (QED) is 0.843. The molecule has 0 bridgehead atoms. The Morgan fingerprint density at radius 2 is 1.35 bits per heavy atom. The molecular formula is C14H21N2O3P. The van der Waals surface area contributed by atoms with E-state index in [1.54, 1.807) is 6.07 Å². The number of benzene rings is 1. The molecule has 0 aliphatic carbocycles. The zero-order valence-electron chi connectivity index (χ0n) is 11.6. The van der Waals surface area contributed by atoms with Crippen molar-refractivity contribution >= 4 is 13.5 Å². The van der Waals surface area contributed by atoms with Gasteiger partial charge in [-0.05, 0) is 12.1 Å². The predicted molar refractivity (Wildman–Crippen MR) is 79.4 cm³/mol. The molecule has 0 unspecified atom stereocenters. The Morgan fingerprint density at radius 1 is 0.850 bits per heavy atom. The summed E-state index contributed by atoms with van der Waals surface area (Å²) < 4.78 is 15.8. The Kier molecular flexibility index (Phi) is 4.86. The van der Waals surface area contributed by atoms with Gasteiger partial charge in [0.05, 0.1) is 34.7 Å². The van der Waals surface area contributed by atoms with Crippen molar-refractivity contribution in [3.8, 4) is 5.75 Å². The number of morpholine rings is 2. The summed E-state index contributed by atoms with van der Waals surface area (Å²) in [7, 11) is -0.656. The van der Waals surface area contributed by atoms with E-state index in [0.29, 0.717) is 5.75 Å². The van der Waals surface area contributed by atoms with Crippen molar-refractivity contribution in [1.82, 2.24) is 9.34 Å². The maximum absolute atomic E-state index is 10.2. The van der Waals surface area contributed by atoms with E-state index in [-0.39, 0.29) is 0 Å². The number of phenols is 1. The molecule has 3 rings (SSSR count). The fraction of sp³-hybridized carbons (Fsp3) is 0.571. The van der Waals surface area contributed by atoms with Gasteiger partial charge in [-0.2, -0.15) is 0 Å². The molecule has 0 atom stereocenters. The van der Waals surface area contributed by atoms with Crippen LogP contribution in [0.1, 0.15) is 0 Å². The molecule has 1 N–H and O–H groups in total. The van der Waals surface area contributed by atoms with E-state index in [9.17, 15) is 5.11 Å². The van der Waals surface area contributed by atoms with Gasteiger partial charge in [0, 0.05) is 31.5 Å². The molecule has 0 spiro atoms. The number of hydrogen-bond donors (Lipinski definition) is 1. The normalized spacial score (nSPS) is 22.2. The summed E-state index contributed by atoms with van der Waals surface area (Å²) in [6.45, 7) is 6.81. The summed E-state index contributed by atoms with van der Waals surface area (Å²) in [6, 6.07) is 7.72. The van der Waals surface area contributed by atoms with Crippen LogP contribution in [0.2, 0.25) is 0 Å². The Hall–Kier alpha value is -0.710. The maximum atomic E-state index is 10.2. The van der Waals surface area contributed by atoms with Crippen LogP contribution in [0.4, 0.5) is 0 Å². The van der Waals surface area contributed by atoms with E-state index in [0.717, 1.165) is 57.9 Å². The molecule has 2 fully saturated rings. The second kappa shape index (κ2) is 6.83. The maximum Gasteiger partial charge on any atom is 0.125 e. The highest BCUT2D eigenvalue weighted by atomic mass is 31.1. The lowest BCUT2D eigenvalue weighted by molar-refractivity contribution is 0.0593. The third kappa shape index (κ3) is 3.13. The minimum atomic E-state index is -0.656. The first-order chi connectivity index (χ1) is 9.86. The number of rotatable bonds is 3. The first-order valence-corrected chi connectivity index (χ1v) is 8.34. The van der Waals surface area contributed by atoms with Gasteiger partial charge in [-0.3, -0.25) is 9.34 Å². The molecule has 0 aromatic heterocycles. The topological polar surface area (TPSA) is 45.2 Å². The Labute approximate surface area is 120 Å². The lowest BCUT2D eigenvalue weighted by Crippen LogP contribution is -2.43. The lowest BCUT2D eigenvalue weighted by Gasteiger charge is -2.42. The van der Waals surface area contributed by atoms with Gasteiger partial charge in [-0.25, -0.2) is 0 Å². The molecule has 0 radical (unpaired) electrons. The van der Waals surface area contributed by atoms with Gasteiger partial charge in [0.2, 0.25) is 0 Å². The first-order valence-electron chi connectivity index (χ1n) is 7.09. The Balaban J connectivity index is 1.87. The summed E-state index contributed by atoms with van der Waals surface area (Å²) in [5, 5.41) is 11.3. The molecule has 2 saturated heterocycles. The van der Waals surface area contributed by atoms with Crippen molar-refractivity contribution in [2.75, 3.05) is 52.6 Å². The van der Waals surface area contributed by atoms with Crippen LogP contribution in [-0.2, 0) is 9.47 Å². The molecule has 2 heterocycles. The summed E-state index contributed by atoms with van der Waals surface area (Å²) in [4.78, 5) is 0. The van der Waals surface area contributed by atoms with Gasteiger partial charge in [-0.15, -0.1) is 0 Å². The third-order valence-electron chi connectivity index (χ3n) is 3.61. The van der Waals surface area contributed by atoms with E-state index >= 15 is 0 Å². The highest BCUT2D eigenvalue weighted by Gasteiger charge is 2.31. The summed E-state index contributed by atoms with van der Waals surface area (Å²) in [5.41, 5.74) is 0. The van der Waals surface area contributed by atoms with Gasteiger partial charge >= 0.3 is 0 Å². The highest BCUT2D eigenvalue weighted by molar-refractivity contribution is 7.61. The van der Waals surface area contributed by atoms with Crippen molar-refractivity contribution in [2.45, 2.75) is 0 Å². The van der Waals surface area contributed by atoms with Crippen molar-refractivity contribution in [3.05, 3.63) is 24.3 Å². The molecule has 20 heavy (non-hydrogen) atoms. The predicted octanol–water partition coefficient (Wildman–Crippen LogP) is 0.994. The van der Waals surface area contributed by atoms with Crippen LogP contribution in [0.3, 0.4) is 0 Å². The van der Waals surface area contributed by atoms with Gasteiger partial charge in [0.15, 0.2) is 0 Å². The Bertz CT molecular complexity index is 416. The second-order valence-corrected chi connectivity index (χ2v) is 7.10. The summed E-state index contributed by atoms with van der Waals surface area (Å²) >= 11 is 0. The van der Waals surface area contributed by atoms with Crippen molar-refractivity contribution in [2.24, 2.45) is 0 Å². The van der Waals surface area contributed by atoms with E-state index in [1.165, 1.54) is 0 Å². The fourth-order valence-electron chi connectivity index (χ4n) is 2.60. The standard InChI is InChI=1S/C14H21N2O3P/c17-13-3-1-2-4-14(13)20(15-5-9-18-10-6-15)16-7-11-19-12-8-16/h1-4,17H,5-12H2. The van der Waals surface area contributed by atoms with E-state index in [2.05, 4.69) is 9.34 Å². The number of ether oxygens (including phenoxy) is 2. The third-order valence-corrected chi connectivity index (χ3v) is 6.29. The molecule has 2 aliphatic heterocycles. The number of phenolic OH excluding ortho intramolecular Hbond substituents is 1. The molecule has 1 aromatic carbocycles. The van der Waals surface area contributed by atoms with Crippen LogP contribution in [0, 0.1) is 0 Å². The van der Waals surface area contributed by atoms with E-state index in [1.807, 2.05) is 18.2 Å². The molecule has 110 valence electrons. The summed E-state index contributed by atoms with van der Waals surface area (Å²) in [5.74, 6) is 0.400. The summed E-state index contributed by atoms with van der Waals surface area (Å²) in [6.07, 6.45) is 0. The fourth-order valence-corrected chi connectivity index (χ4v) is 5.15. The van der Waals surface area contributed by atoms with Crippen LogP contribution < -0.4 is 5.30 Å². The molecule has 0 saturated carbocycles. The smallest absolute Gasteiger partial charge is 0.125 e. The van der Waals surface area contributed by atoms with Crippen molar-refractivity contribution in [1.29, 1.82) is 0 Å². The van der Waals surface area contributed by atoms with Gasteiger partial charge in [-0.1, -0.05) is 12.1 Å². The van der Waals surface area contributed by atoms with Crippen molar-refractivity contribution in [3.63, 3.8) is 0 Å². The first kappa shape index (κ1) is 14.2. The molecular weight excluding hydrogens is 275 g/mol. The van der Waals surface area contributed by atoms with Gasteiger partial charge in [0.1, 0.15) is 5.75 Å². The minimum absolute atomic E-state index is 0.400. The number of nitrogens with zero attached hydrogens (tertiary/aromatic N) is 2. The van der Waals surface area contributed by atoms with E-state index < -0.39 is 8.22 Å². The van der Waals surface area contributed by atoms with Crippen LogP contribution in [-0.4, -0.2) is 67.1 Å². The minimum Gasteiger partial charge on any atom is -0.507 e. The zero-order valence-corrected chi connectivity index (χ0v) is 12.5. The molecule has 5 nitrogen and oxygen atoms in total. The van der Waals surface area contributed by atoms with Crippen LogP contribution in [0.5, 0.6) is 5.75 Å². The monoisotopic (exact) mass is 296 g/mol. The molecule has 1 aromatic rings. The molecule has 2 aliphatic rings. The van der Waals surface area contributed by atoms with Gasteiger partial charge < -0.3 is 14.6 Å². The largest absolute Gasteiger partial charge is 0.507 e.